The Morgan fingerprint density at radius 3 is 2.74 bits per heavy atom. The number of hydrogen-bond acceptors (Lipinski definition) is 2. The van der Waals surface area contributed by atoms with Crippen LogP contribution in [0, 0.1) is 5.82 Å². The van der Waals surface area contributed by atoms with Crippen LogP contribution in [0.3, 0.4) is 0 Å². The topological polar surface area (TPSA) is 34.9 Å². The zero-order valence-corrected chi connectivity index (χ0v) is 10.3. The minimum absolute atomic E-state index is 0.152. The summed E-state index contributed by atoms with van der Waals surface area (Å²) >= 11 is 0. The maximum Gasteiger partial charge on any atom is 0.159 e. The lowest BCUT2D eigenvalue weighted by molar-refractivity contribution is 0.101. The molecule has 4 heteroatoms. The second-order valence-electron chi connectivity index (χ2n) is 4.33. The number of para-hydroxylation sites is 2. The van der Waals surface area contributed by atoms with Gasteiger partial charge in [-0.05, 0) is 37.3 Å². The summed E-state index contributed by atoms with van der Waals surface area (Å²) in [5.41, 5.74) is 2.39. The van der Waals surface area contributed by atoms with Gasteiger partial charge in [-0.15, -0.1) is 0 Å². The van der Waals surface area contributed by atoms with Gasteiger partial charge in [-0.25, -0.2) is 9.37 Å². The smallest absolute Gasteiger partial charge is 0.159 e. The Morgan fingerprint density at radius 1 is 1.21 bits per heavy atom. The van der Waals surface area contributed by atoms with Crippen LogP contribution < -0.4 is 0 Å². The first-order chi connectivity index (χ1) is 9.16. The third kappa shape index (κ3) is 1.91. The fourth-order valence-corrected chi connectivity index (χ4v) is 2.07. The van der Waals surface area contributed by atoms with Gasteiger partial charge < -0.3 is 0 Å². The first kappa shape index (κ1) is 11.6. The van der Waals surface area contributed by atoms with Crippen molar-refractivity contribution in [3.63, 3.8) is 0 Å². The minimum Gasteiger partial charge on any atom is -0.296 e. The average molecular weight is 254 g/mol. The Hall–Kier alpha value is -2.49. The number of rotatable bonds is 2. The molecule has 1 heterocycles. The van der Waals surface area contributed by atoms with Gasteiger partial charge >= 0.3 is 0 Å². The summed E-state index contributed by atoms with van der Waals surface area (Å²) in [5, 5.41) is 0. The molecule has 0 fully saturated rings. The lowest BCUT2D eigenvalue weighted by atomic mass is 10.1. The van der Waals surface area contributed by atoms with Crippen molar-refractivity contribution in [2.75, 3.05) is 0 Å². The van der Waals surface area contributed by atoms with Crippen LogP contribution >= 0.6 is 0 Å². The number of ketones is 1. The predicted octanol–water partition coefficient (Wildman–Crippen LogP) is 3.37. The van der Waals surface area contributed by atoms with E-state index < -0.39 is 5.82 Å². The lowest BCUT2D eigenvalue weighted by Crippen LogP contribution is -1.99. The maximum atomic E-state index is 14.1. The molecule has 19 heavy (non-hydrogen) atoms. The second kappa shape index (κ2) is 4.31. The normalized spacial score (nSPS) is 10.8. The highest BCUT2D eigenvalue weighted by Gasteiger charge is 2.10. The van der Waals surface area contributed by atoms with Crippen LogP contribution in [0.2, 0.25) is 0 Å². The number of imidazole rings is 1. The van der Waals surface area contributed by atoms with E-state index in [9.17, 15) is 9.18 Å². The van der Waals surface area contributed by atoms with Crippen LogP contribution in [-0.4, -0.2) is 15.3 Å². The summed E-state index contributed by atoms with van der Waals surface area (Å²) in [6, 6.07) is 12.0. The molecule has 0 bridgehead atoms. The monoisotopic (exact) mass is 254 g/mol. The van der Waals surface area contributed by atoms with Crippen LogP contribution in [0.25, 0.3) is 16.7 Å². The molecule has 0 saturated heterocycles. The number of halogens is 1. The van der Waals surface area contributed by atoms with Gasteiger partial charge in [0.1, 0.15) is 12.1 Å². The van der Waals surface area contributed by atoms with Crippen LogP contribution in [0.15, 0.2) is 48.8 Å². The molecule has 0 N–H and O–H groups in total. The molecule has 0 radical (unpaired) electrons. The van der Waals surface area contributed by atoms with Crippen molar-refractivity contribution in [3.8, 4) is 5.69 Å². The van der Waals surface area contributed by atoms with E-state index in [-0.39, 0.29) is 5.78 Å². The van der Waals surface area contributed by atoms with E-state index in [0.29, 0.717) is 11.3 Å². The molecule has 0 amide bonds. The Bertz CT molecular complexity index is 777. The van der Waals surface area contributed by atoms with Gasteiger partial charge in [-0.1, -0.05) is 12.1 Å². The zero-order valence-electron chi connectivity index (χ0n) is 10.3. The lowest BCUT2D eigenvalue weighted by Gasteiger charge is -2.06. The molecule has 0 aliphatic heterocycles. The summed E-state index contributed by atoms with van der Waals surface area (Å²) in [6.07, 6.45) is 1.58. The molecule has 3 nitrogen and oxygen atoms in total. The van der Waals surface area contributed by atoms with Gasteiger partial charge in [-0.2, -0.15) is 0 Å². The molecule has 1 aromatic heterocycles. The molecular weight excluding hydrogens is 243 g/mol. The van der Waals surface area contributed by atoms with E-state index in [0.717, 1.165) is 11.0 Å². The number of carbonyl (C=O) groups is 1. The summed E-state index contributed by atoms with van der Waals surface area (Å²) < 4.78 is 15.8. The molecule has 0 saturated carbocycles. The van der Waals surface area contributed by atoms with E-state index in [1.165, 1.54) is 13.0 Å². The predicted molar refractivity (Wildman–Crippen MR) is 71.0 cm³/mol. The van der Waals surface area contributed by atoms with Crippen molar-refractivity contribution in [2.45, 2.75) is 6.92 Å². The first-order valence-electron chi connectivity index (χ1n) is 5.90. The number of benzene rings is 2. The third-order valence-electron chi connectivity index (χ3n) is 3.07. The van der Waals surface area contributed by atoms with Gasteiger partial charge in [0, 0.05) is 5.56 Å². The number of aromatic nitrogens is 2. The van der Waals surface area contributed by atoms with E-state index in [4.69, 9.17) is 0 Å². The van der Waals surface area contributed by atoms with E-state index in [1.54, 1.807) is 23.0 Å². The van der Waals surface area contributed by atoms with Gasteiger partial charge in [0.05, 0.1) is 16.7 Å². The number of nitrogens with zero attached hydrogens (tertiary/aromatic N) is 2. The van der Waals surface area contributed by atoms with Crippen molar-refractivity contribution in [3.05, 3.63) is 60.2 Å². The molecule has 0 unspecified atom stereocenters. The third-order valence-corrected chi connectivity index (χ3v) is 3.07. The Balaban J connectivity index is 2.19. The second-order valence-corrected chi connectivity index (χ2v) is 4.33. The highest BCUT2D eigenvalue weighted by Crippen LogP contribution is 2.21. The largest absolute Gasteiger partial charge is 0.296 e. The fourth-order valence-electron chi connectivity index (χ4n) is 2.07. The average Bonchev–Trinajstić information content (AvgIpc) is 2.82. The van der Waals surface area contributed by atoms with Gasteiger partial charge in [-0.3, -0.25) is 9.36 Å². The van der Waals surface area contributed by atoms with E-state index >= 15 is 0 Å². The van der Waals surface area contributed by atoms with Gasteiger partial charge in [0.25, 0.3) is 0 Å². The SMILES string of the molecule is CC(=O)c1ccc(-n2cnc3ccccc32)c(F)c1. The van der Waals surface area contributed by atoms with Crippen LogP contribution in [0.1, 0.15) is 17.3 Å². The standard InChI is InChI=1S/C15H11FN2O/c1-10(19)11-6-7-14(12(16)8-11)18-9-17-13-4-2-3-5-15(13)18/h2-9H,1H3. The molecule has 0 aliphatic carbocycles. The van der Waals surface area contributed by atoms with Crippen LogP contribution in [-0.2, 0) is 0 Å². The van der Waals surface area contributed by atoms with Crippen molar-refractivity contribution in [2.24, 2.45) is 0 Å². The van der Waals surface area contributed by atoms with Crippen molar-refractivity contribution >= 4 is 16.8 Å². The quantitative estimate of drug-likeness (QED) is 0.657. The van der Waals surface area contributed by atoms with Crippen molar-refractivity contribution in [1.29, 1.82) is 0 Å². The Labute approximate surface area is 109 Å². The minimum atomic E-state index is -0.434. The van der Waals surface area contributed by atoms with Crippen LogP contribution in [0.5, 0.6) is 0 Å². The number of hydrogen-bond donors (Lipinski definition) is 0. The van der Waals surface area contributed by atoms with Crippen LogP contribution in [0.4, 0.5) is 4.39 Å². The summed E-state index contributed by atoms with van der Waals surface area (Å²) in [5.74, 6) is -0.586. The van der Waals surface area contributed by atoms with E-state index in [2.05, 4.69) is 4.98 Å². The van der Waals surface area contributed by atoms with Crippen molar-refractivity contribution < 1.29 is 9.18 Å². The summed E-state index contributed by atoms with van der Waals surface area (Å²) in [6.45, 7) is 1.42. The molecule has 3 aromatic rings. The van der Waals surface area contributed by atoms with Gasteiger partial charge in [0.2, 0.25) is 0 Å². The molecular formula is C15H11FN2O. The Morgan fingerprint density at radius 2 is 2.00 bits per heavy atom. The number of Topliss-reactive ketones (excluding diaryl/α,β-unsaturated/α-hetero) is 1. The summed E-state index contributed by atoms with van der Waals surface area (Å²) in [4.78, 5) is 15.4. The molecule has 3 rings (SSSR count). The maximum absolute atomic E-state index is 14.1. The number of carbonyl (C=O) groups excluding carboxylic acids is 1. The Kier molecular flexibility index (Phi) is 2.63. The molecule has 2 aromatic carbocycles. The summed E-state index contributed by atoms with van der Waals surface area (Å²) in [7, 11) is 0. The molecule has 0 aliphatic rings. The van der Waals surface area contributed by atoms with E-state index in [1.807, 2.05) is 24.3 Å². The molecule has 0 atom stereocenters. The zero-order chi connectivity index (χ0) is 13.4. The molecule has 0 spiro atoms. The fraction of sp³-hybridized carbons (Fsp3) is 0.0667. The van der Waals surface area contributed by atoms with Gasteiger partial charge in [0.15, 0.2) is 5.78 Å². The highest BCUT2D eigenvalue weighted by atomic mass is 19.1. The molecule has 94 valence electrons. The number of fused-ring (bicyclic) bond motifs is 1. The first-order valence-corrected chi connectivity index (χ1v) is 5.90. The highest BCUT2D eigenvalue weighted by molar-refractivity contribution is 5.94. The van der Waals surface area contributed by atoms with Crippen molar-refractivity contribution in [1.82, 2.24) is 9.55 Å².